The van der Waals surface area contributed by atoms with Crippen molar-refractivity contribution < 1.29 is 9.84 Å². The normalized spacial score (nSPS) is 52.8. The maximum Gasteiger partial charge on any atom is 0.0802 e. The highest BCUT2D eigenvalue weighted by Crippen LogP contribution is 2.75. The fourth-order valence-electron chi connectivity index (χ4n) is 10.1. The molecule has 0 aromatic heterocycles. The largest absolute Gasteiger partial charge is 0.393 e. The average molecular weight is 459 g/mol. The van der Waals surface area contributed by atoms with E-state index in [4.69, 9.17) is 4.74 Å². The Hall–Kier alpha value is -0.340. The summed E-state index contributed by atoms with van der Waals surface area (Å²) < 4.78 is 5.62. The highest BCUT2D eigenvalue weighted by molar-refractivity contribution is 5.17. The number of hydrogen-bond acceptors (Lipinski definition) is 2. The summed E-state index contributed by atoms with van der Waals surface area (Å²) in [6.07, 6.45) is 17.5. The van der Waals surface area contributed by atoms with E-state index in [2.05, 4.69) is 67.5 Å². The molecule has 33 heavy (non-hydrogen) atoms. The number of aliphatic hydroxyl groups is 1. The smallest absolute Gasteiger partial charge is 0.0802 e. The van der Waals surface area contributed by atoms with Gasteiger partial charge in [0.15, 0.2) is 0 Å². The first kappa shape index (κ1) is 25.7. The summed E-state index contributed by atoms with van der Waals surface area (Å²) >= 11 is 0. The van der Waals surface area contributed by atoms with Crippen LogP contribution in [0.2, 0.25) is 0 Å². The van der Waals surface area contributed by atoms with Crippen LogP contribution in [-0.2, 0) is 4.74 Å². The van der Waals surface area contributed by atoms with Crippen LogP contribution in [0.1, 0.15) is 120 Å². The van der Waals surface area contributed by atoms with Crippen molar-refractivity contribution in [3.63, 3.8) is 0 Å². The third kappa shape index (κ3) is 3.89. The number of fused-ring (bicyclic) bond motifs is 5. The fourth-order valence-corrected chi connectivity index (χ4v) is 10.1. The molecule has 0 aliphatic heterocycles. The van der Waals surface area contributed by atoms with Crippen molar-refractivity contribution in [1.82, 2.24) is 0 Å². The Morgan fingerprint density at radius 1 is 0.879 bits per heavy atom. The van der Waals surface area contributed by atoms with E-state index in [1.54, 1.807) is 7.11 Å². The second-order valence-corrected chi connectivity index (χ2v) is 15.0. The summed E-state index contributed by atoms with van der Waals surface area (Å²) in [7, 11) is 1.81. The fraction of sp³-hybridized carbons (Fsp3) is 0.935. The molecule has 0 radical (unpaired) electrons. The highest BCUT2D eigenvalue weighted by Gasteiger charge is 2.67. The molecule has 9 atom stereocenters. The molecule has 0 saturated heterocycles. The van der Waals surface area contributed by atoms with Crippen molar-refractivity contribution in [3.05, 3.63) is 12.2 Å². The molecule has 2 heteroatoms. The molecule has 4 aliphatic rings. The Morgan fingerprint density at radius 2 is 1.58 bits per heavy atom. The molecule has 0 amide bonds. The van der Waals surface area contributed by atoms with Crippen LogP contribution in [-0.4, -0.2) is 23.9 Å². The van der Waals surface area contributed by atoms with E-state index < -0.39 is 0 Å². The van der Waals surface area contributed by atoms with Gasteiger partial charge >= 0.3 is 0 Å². The Balaban J connectivity index is 1.58. The van der Waals surface area contributed by atoms with Crippen LogP contribution in [0, 0.1) is 44.8 Å². The predicted molar refractivity (Wildman–Crippen MR) is 139 cm³/mol. The number of hydrogen-bond donors (Lipinski definition) is 1. The van der Waals surface area contributed by atoms with Gasteiger partial charge in [0.1, 0.15) is 0 Å². The third-order valence-electron chi connectivity index (χ3n) is 12.8. The lowest BCUT2D eigenvalue weighted by Gasteiger charge is -2.72. The topological polar surface area (TPSA) is 29.5 Å². The van der Waals surface area contributed by atoms with E-state index >= 15 is 0 Å². The van der Waals surface area contributed by atoms with Crippen LogP contribution < -0.4 is 0 Å². The van der Waals surface area contributed by atoms with Gasteiger partial charge in [-0.25, -0.2) is 0 Å². The van der Waals surface area contributed by atoms with Gasteiger partial charge in [0.2, 0.25) is 0 Å². The van der Waals surface area contributed by atoms with Crippen molar-refractivity contribution in [2.75, 3.05) is 7.11 Å². The van der Waals surface area contributed by atoms with E-state index in [9.17, 15) is 5.11 Å². The van der Waals surface area contributed by atoms with Crippen LogP contribution in [0.4, 0.5) is 0 Å². The monoisotopic (exact) mass is 458 g/mol. The zero-order valence-electron chi connectivity index (χ0n) is 23.4. The van der Waals surface area contributed by atoms with Crippen LogP contribution in [0.25, 0.3) is 0 Å². The summed E-state index contributed by atoms with van der Waals surface area (Å²) in [5.74, 6) is 2.04. The molecule has 0 spiro atoms. The predicted octanol–water partition coefficient (Wildman–Crippen LogP) is 8.18. The Labute approximate surface area is 205 Å². The highest BCUT2D eigenvalue weighted by atomic mass is 16.5. The summed E-state index contributed by atoms with van der Waals surface area (Å²) in [6, 6.07) is 0. The van der Waals surface area contributed by atoms with Gasteiger partial charge in [-0.1, -0.05) is 53.7 Å². The molecule has 0 heterocycles. The summed E-state index contributed by atoms with van der Waals surface area (Å²) in [5.41, 5.74) is 1.85. The van der Waals surface area contributed by atoms with Gasteiger partial charge in [0, 0.05) is 7.11 Å². The third-order valence-corrected chi connectivity index (χ3v) is 12.8. The lowest BCUT2D eigenvalue weighted by atomic mass is 9.33. The molecule has 0 aromatic rings. The van der Waals surface area contributed by atoms with E-state index in [0.29, 0.717) is 33.0 Å². The Kier molecular flexibility index (Phi) is 6.31. The lowest BCUT2D eigenvalue weighted by molar-refractivity contribution is -0.235. The van der Waals surface area contributed by atoms with Crippen molar-refractivity contribution >= 4 is 0 Å². The second kappa shape index (κ2) is 8.09. The Bertz CT molecular complexity index is 771. The first-order valence-electron chi connectivity index (χ1n) is 14.1. The van der Waals surface area contributed by atoms with Crippen molar-refractivity contribution in [3.8, 4) is 0 Å². The van der Waals surface area contributed by atoms with Crippen molar-refractivity contribution in [2.24, 2.45) is 44.8 Å². The zero-order chi connectivity index (χ0) is 24.5. The molecule has 4 aliphatic carbocycles. The molecule has 0 unspecified atom stereocenters. The minimum Gasteiger partial charge on any atom is -0.393 e. The van der Waals surface area contributed by atoms with E-state index in [1.165, 1.54) is 57.8 Å². The molecule has 0 aromatic carbocycles. The first-order valence-corrected chi connectivity index (χ1v) is 14.1. The average Bonchev–Trinajstić information content (AvgIpc) is 2.73. The summed E-state index contributed by atoms with van der Waals surface area (Å²) in [5, 5.41) is 10.7. The van der Waals surface area contributed by atoms with Crippen LogP contribution in [0.15, 0.2) is 12.2 Å². The van der Waals surface area contributed by atoms with E-state index in [0.717, 1.165) is 18.3 Å². The molecule has 4 saturated carbocycles. The van der Waals surface area contributed by atoms with Gasteiger partial charge in [-0.3, -0.25) is 0 Å². The molecule has 4 fully saturated rings. The number of methoxy groups -OCH3 is 1. The molecular weight excluding hydrogens is 404 g/mol. The SMILES string of the molecule is COC(C)(C)C=CC[C@]1(C)CC[C@]2(C)[C@H]3CC[C@@]4(C)[C@@H](CC[C@H](O)[C@@H]4C)[C@]3(C)CC[C@@]2(C)C1. The Morgan fingerprint density at radius 3 is 2.24 bits per heavy atom. The summed E-state index contributed by atoms with van der Waals surface area (Å²) in [4.78, 5) is 0. The van der Waals surface area contributed by atoms with Gasteiger partial charge < -0.3 is 9.84 Å². The van der Waals surface area contributed by atoms with Gasteiger partial charge in [0.05, 0.1) is 11.7 Å². The summed E-state index contributed by atoms with van der Waals surface area (Å²) in [6.45, 7) is 19.8. The van der Waals surface area contributed by atoms with Crippen molar-refractivity contribution in [1.29, 1.82) is 0 Å². The quantitative estimate of drug-likeness (QED) is 0.430. The first-order chi connectivity index (χ1) is 15.1. The number of allylic oxidation sites excluding steroid dienone is 1. The van der Waals surface area contributed by atoms with Gasteiger partial charge in [-0.2, -0.15) is 0 Å². The molecule has 190 valence electrons. The van der Waals surface area contributed by atoms with Gasteiger partial charge in [-0.05, 0) is 123 Å². The van der Waals surface area contributed by atoms with Crippen LogP contribution >= 0.6 is 0 Å². The van der Waals surface area contributed by atoms with Crippen LogP contribution in [0.5, 0.6) is 0 Å². The maximum atomic E-state index is 10.7. The molecule has 1 N–H and O–H groups in total. The van der Waals surface area contributed by atoms with Crippen LogP contribution in [0.3, 0.4) is 0 Å². The number of rotatable bonds is 4. The van der Waals surface area contributed by atoms with Gasteiger partial charge in [-0.15, -0.1) is 0 Å². The van der Waals surface area contributed by atoms with E-state index in [1.807, 2.05) is 0 Å². The number of aliphatic hydroxyl groups excluding tert-OH is 1. The molecular formula is C31H54O2. The number of ether oxygens (including phenoxy) is 1. The molecule has 0 bridgehead atoms. The lowest BCUT2D eigenvalue weighted by Crippen LogP contribution is -2.65. The minimum absolute atomic E-state index is 0.0950. The minimum atomic E-state index is -0.171. The van der Waals surface area contributed by atoms with Gasteiger partial charge in [0.25, 0.3) is 0 Å². The van der Waals surface area contributed by atoms with Crippen molar-refractivity contribution in [2.45, 2.75) is 131 Å². The maximum absolute atomic E-state index is 10.7. The van der Waals surface area contributed by atoms with E-state index in [-0.39, 0.29) is 11.7 Å². The molecule has 4 rings (SSSR count). The second-order valence-electron chi connectivity index (χ2n) is 15.0. The standard InChI is InChI=1S/C31H54O2/c1-22-23(32)11-12-24-29(22,6)16-13-25-30(24,7)19-18-28(5)21-27(4,17-20-31(25,28)8)15-10-14-26(2,3)33-9/h10,14,22-25,32H,11-13,15-21H2,1-9H3/t22-,23-,24+,25-,27+,28-,29+,30-,31+/m0/s1. The zero-order valence-corrected chi connectivity index (χ0v) is 23.4. The molecule has 2 nitrogen and oxygen atoms in total.